The Bertz CT molecular complexity index is 907. The molecule has 3 aromatic rings. The molecule has 1 aromatic heterocycles. The number of fused-ring (bicyclic) bond motifs is 1. The molecule has 0 saturated carbocycles. The Labute approximate surface area is 165 Å². The normalized spacial score (nSPS) is 11.8. The molecule has 3 amide bonds. The number of rotatable bonds is 5. The largest absolute Gasteiger partial charge is 0.337 e. The predicted molar refractivity (Wildman–Crippen MR) is 111 cm³/mol. The van der Waals surface area contributed by atoms with Crippen molar-refractivity contribution in [2.75, 3.05) is 5.32 Å². The number of thioether (sulfide) groups is 1. The van der Waals surface area contributed by atoms with Crippen LogP contribution in [0.2, 0.25) is 0 Å². The van der Waals surface area contributed by atoms with Gasteiger partial charge in [-0.1, -0.05) is 43.0 Å². The Morgan fingerprint density at radius 3 is 2.56 bits per heavy atom. The maximum absolute atomic E-state index is 12.2. The molecule has 1 heterocycles. The lowest BCUT2D eigenvalue weighted by Gasteiger charge is -2.12. The molecule has 3 N–H and O–H groups in total. The average molecular weight is 401 g/mol. The predicted octanol–water partition coefficient (Wildman–Crippen LogP) is 4.19. The van der Waals surface area contributed by atoms with Gasteiger partial charge in [0.25, 0.3) is 5.91 Å². The molecule has 0 fully saturated rings. The van der Waals surface area contributed by atoms with Crippen molar-refractivity contribution in [1.82, 2.24) is 15.8 Å². The zero-order valence-corrected chi connectivity index (χ0v) is 16.6. The number of amides is 3. The van der Waals surface area contributed by atoms with Gasteiger partial charge in [-0.15, -0.1) is 11.3 Å². The zero-order valence-electron chi connectivity index (χ0n) is 15.0. The van der Waals surface area contributed by atoms with E-state index in [4.69, 9.17) is 0 Å². The van der Waals surface area contributed by atoms with Crippen molar-refractivity contribution in [3.63, 3.8) is 0 Å². The van der Waals surface area contributed by atoms with Crippen molar-refractivity contribution in [3.05, 3.63) is 54.1 Å². The van der Waals surface area contributed by atoms with Gasteiger partial charge in [-0.3, -0.25) is 10.2 Å². The van der Waals surface area contributed by atoms with Crippen LogP contribution < -0.4 is 16.2 Å². The quantitative estimate of drug-likeness (QED) is 0.443. The number of carbonyl (C=O) groups is 2. The third kappa shape index (κ3) is 5.21. The number of urea groups is 1. The van der Waals surface area contributed by atoms with Crippen molar-refractivity contribution in [1.29, 1.82) is 0 Å². The Morgan fingerprint density at radius 1 is 1.11 bits per heavy atom. The van der Waals surface area contributed by atoms with Gasteiger partial charge in [0.15, 0.2) is 4.34 Å². The van der Waals surface area contributed by atoms with Crippen LogP contribution in [0.3, 0.4) is 0 Å². The number of aromatic nitrogens is 1. The highest BCUT2D eigenvalue weighted by molar-refractivity contribution is 8.02. The van der Waals surface area contributed by atoms with E-state index in [1.807, 2.05) is 48.5 Å². The molecule has 0 spiro atoms. The average Bonchev–Trinajstić information content (AvgIpc) is 3.09. The third-order valence-corrected chi connectivity index (χ3v) is 6.07. The fourth-order valence-electron chi connectivity index (χ4n) is 2.31. The van der Waals surface area contributed by atoms with Crippen molar-refractivity contribution in [2.45, 2.75) is 29.9 Å². The van der Waals surface area contributed by atoms with Gasteiger partial charge in [-0.2, -0.15) is 0 Å². The minimum atomic E-state index is -0.496. The minimum absolute atomic E-state index is 0.296. The summed E-state index contributed by atoms with van der Waals surface area (Å²) in [7, 11) is 0. The molecule has 1 atom stereocenters. The standard InChI is InChI=1S/C19H20N4O2S2/c1-3-13-8-10-14(11-9-13)20-18(25)23-22-17(24)12(2)26-19-21-15-6-4-5-7-16(15)27-19/h4-12H,3H2,1-2H3,(H,22,24)(H2,20,23,25)/t12-/m1/s1. The molecule has 0 aliphatic heterocycles. The number of para-hydroxylation sites is 1. The molecule has 6 nitrogen and oxygen atoms in total. The molecule has 0 radical (unpaired) electrons. The van der Waals surface area contributed by atoms with Gasteiger partial charge in [0.2, 0.25) is 0 Å². The SMILES string of the molecule is CCc1ccc(NC(=O)NNC(=O)[C@@H](C)Sc2nc3ccccc3s2)cc1. The molecule has 8 heteroatoms. The first kappa shape index (κ1) is 19.2. The van der Waals surface area contributed by atoms with Crippen molar-refractivity contribution in [2.24, 2.45) is 0 Å². The first-order valence-electron chi connectivity index (χ1n) is 8.53. The summed E-state index contributed by atoms with van der Waals surface area (Å²) in [6.07, 6.45) is 0.937. The molecule has 0 aliphatic carbocycles. The first-order valence-corrected chi connectivity index (χ1v) is 10.2. The summed E-state index contributed by atoms with van der Waals surface area (Å²) in [4.78, 5) is 28.6. The van der Waals surface area contributed by atoms with Gasteiger partial charge in [0.1, 0.15) is 0 Å². The highest BCUT2D eigenvalue weighted by Crippen LogP contribution is 2.31. The van der Waals surface area contributed by atoms with Crippen molar-refractivity contribution >= 4 is 50.9 Å². The minimum Gasteiger partial charge on any atom is -0.307 e. The van der Waals surface area contributed by atoms with Crippen LogP contribution in [0, 0.1) is 0 Å². The summed E-state index contributed by atoms with van der Waals surface area (Å²) in [6.45, 7) is 3.84. The lowest BCUT2D eigenvalue weighted by molar-refractivity contribution is -0.120. The van der Waals surface area contributed by atoms with Crippen LogP contribution in [0.15, 0.2) is 52.9 Å². The fraction of sp³-hybridized carbons (Fsp3) is 0.211. The number of benzene rings is 2. The van der Waals surface area contributed by atoms with Crippen LogP contribution in [0.5, 0.6) is 0 Å². The summed E-state index contributed by atoms with van der Waals surface area (Å²) in [5.74, 6) is -0.296. The third-order valence-electron chi connectivity index (χ3n) is 3.84. The van der Waals surface area contributed by atoms with E-state index in [1.54, 1.807) is 18.3 Å². The fourth-order valence-corrected chi connectivity index (χ4v) is 4.52. The maximum Gasteiger partial charge on any atom is 0.337 e. The molecular weight excluding hydrogens is 380 g/mol. The van der Waals surface area contributed by atoms with Gasteiger partial charge >= 0.3 is 6.03 Å². The lowest BCUT2D eigenvalue weighted by Crippen LogP contribution is -2.46. The number of thiazole rings is 1. The number of hydrogen-bond donors (Lipinski definition) is 3. The summed E-state index contributed by atoms with van der Waals surface area (Å²) < 4.78 is 1.90. The van der Waals surface area contributed by atoms with Crippen LogP contribution in [0.1, 0.15) is 19.4 Å². The Balaban J connectivity index is 1.48. The van der Waals surface area contributed by atoms with E-state index in [0.29, 0.717) is 5.69 Å². The molecule has 0 unspecified atom stereocenters. The molecule has 140 valence electrons. The number of aryl methyl sites for hydroxylation is 1. The number of nitrogens with zero attached hydrogens (tertiary/aromatic N) is 1. The summed E-state index contributed by atoms with van der Waals surface area (Å²) in [6, 6.07) is 14.9. The van der Waals surface area contributed by atoms with E-state index < -0.39 is 11.3 Å². The van der Waals surface area contributed by atoms with Crippen molar-refractivity contribution in [3.8, 4) is 0 Å². The second kappa shape index (κ2) is 8.88. The smallest absolute Gasteiger partial charge is 0.307 e. The second-order valence-corrected chi connectivity index (χ2v) is 8.45. The molecular formula is C19H20N4O2S2. The Kier molecular flexibility index (Phi) is 6.31. The van der Waals surface area contributed by atoms with Gasteiger partial charge in [0.05, 0.1) is 15.5 Å². The van der Waals surface area contributed by atoms with Gasteiger partial charge < -0.3 is 5.32 Å². The monoisotopic (exact) mass is 400 g/mol. The number of nitrogens with one attached hydrogen (secondary N) is 3. The van der Waals surface area contributed by atoms with E-state index in [2.05, 4.69) is 28.1 Å². The van der Waals surface area contributed by atoms with Crippen molar-refractivity contribution < 1.29 is 9.59 Å². The molecule has 3 rings (SSSR count). The Hall–Kier alpha value is -2.58. The molecule has 0 aliphatic rings. The number of hydrogen-bond acceptors (Lipinski definition) is 5. The number of carbonyl (C=O) groups excluding carboxylic acids is 2. The number of hydrazine groups is 1. The second-order valence-electron chi connectivity index (χ2n) is 5.83. The van der Waals surface area contributed by atoms with Gasteiger partial charge in [-0.25, -0.2) is 15.2 Å². The molecule has 27 heavy (non-hydrogen) atoms. The van der Waals surface area contributed by atoms with Crippen LogP contribution >= 0.6 is 23.1 Å². The zero-order chi connectivity index (χ0) is 19.2. The highest BCUT2D eigenvalue weighted by atomic mass is 32.2. The van der Waals surface area contributed by atoms with Crippen LogP contribution in [-0.4, -0.2) is 22.2 Å². The van der Waals surface area contributed by atoms with E-state index in [0.717, 1.165) is 21.0 Å². The summed E-state index contributed by atoms with van der Waals surface area (Å²) >= 11 is 2.91. The number of anilines is 1. The van der Waals surface area contributed by atoms with E-state index in [-0.39, 0.29) is 5.91 Å². The molecule has 2 aromatic carbocycles. The lowest BCUT2D eigenvalue weighted by atomic mass is 10.1. The highest BCUT2D eigenvalue weighted by Gasteiger charge is 2.17. The Morgan fingerprint density at radius 2 is 1.85 bits per heavy atom. The van der Waals surface area contributed by atoms with Gasteiger partial charge in [0, 0.05) is 5.69 Å². The molecule has 0 saturated heterocycles. The van der Waals surface area contributed by atoms with E-state index in [9.17, 15) is 9.59 Å². The van der Waals surface area contributed by atoms with Crippen LogP contribution in [0.25, 0.3) is 10.2 Å². The molecule has 0 bridgehead atoms. The van der Waals surface area contributed by atoms with Crippen LogP contribution in [-0.2, 0) is 11.2 Å². The maximum atomic E-state index is 12.2. The van der Waals surface area contributed by atoms with E-state index >= 15 is 0 Å². The van der Waals surface area contributed by atoms with Crippen LogP contribution in [0.4, 0.5) is 10.5 Å². The summed E-state index contributed by atoms with van der Waals surface area (Å²) in [5, 5.41) is 2.28. The van der Waals surface area contributed by atoms with E-state index in [1.165, 1.54) is 17.3 Å². The topological polar surface area (TPSA) is 83.1 Å². The van der Waals surface area contributed by atoms with Gasteiger partial charge in [-0.05, 0) is 43.2 Å². The summed E-state index contributed by atoms with van der Waals surface area (Å²) in [5.41, 5.74) is 7.58. The first-order chi connectivity index (χ1) is 13.0.